The summed E-state index contributed by atoms with van der Waals surface area (Å²) >= 11 is 0. The van der Waals surface area contributed by atoms with Crippen molar-refractivity contribution in [3.63, 3.8) is 0 Å². The van der Waals surface area contributed by atoms with Gasteiger partial charge in [-0.05, 0) is 83.5 Å². The molecule has 0 radical (unpaired) electrons. The minimum atomic E-state index is -0.778. The first-order valence-electron chi connectivity index (χ1n) is 27.1. The first-order chi connectivity index (χ1) is 31.0. The molecule has 0 aromatic rings. The molecule has 0 aliphatic rings. The molecule has 0 heterocycles. The molecule has 0 fully saturated rings. The van der Waals surface area contributed by atoms with Crippen LogP contribution in [-0.2, 0) is 28.6 Å². The summed E-state index contributed by atoms with van der Waals surface area (Å²) in [4.78, 5) is 38.0. The Morgan fingerprint density at radius 2 is 0.571 bits per heavy atom. The predicted octanol–water partition coefficient (Wildman–Crippen LogP) is 17.9. The third-order valence-corrected chi connectivity index (χ3v) is 11.8. The van der Waals surface area contributed by atoms with Gasteiger partial charge in [-0.15, -0.1) is 0 Å². The molecule has 1 unspecified atom stereocenters. The maximum atomic E-state index is 12.8. The zero-order valence-electron chi connectivity index (χ0n) is 41.8. The van der Waals surface area contributed by atoms with E-state index >= 15 is 0 Å². The van der Waals surface area contributed by atoms with Gasteiger partial charge in [-0.3, -0.25) is 14.4 Å². The SMILES string of the molecule is CCCCC/C=C\C/C=C\C/C=C\CCCCCCCCC(=O)OCC(COC(=O)CCCCCCC/C=C\CCCCC)OC(=O)CCCCCCCCCCCCCCCC. The van der Waals surface area contributed by atoms with Crippen LogP contribution >= 0.6 is 0 Å². The Balaban J connectivity index is 4.36. The largest absolute Gasteiger partial charge is 0.462 e. The average Bonchev–Trinajstić information content (AvgIpc) is 3.28. The number of ether oxygens (including phenoxy) is 3. The van der Waals surface area contributed by atoms with Crippen LogP contribution in [0, 0.1) is 0 Å². The molecule has 0 bridgehead atoms. The Morgan fingerprint density at radius 1 is 0.317 bits per heavy atom. The maximum Gasteiger partial charge on any atom is 0.306 e. The molecule has 0 saturated heterocycles. The summed E-state index contributed by atoms with van der Waals surface area (Å²) < 4.78 is 16.8. The summed E-state index contributed by atoms with van der Waals surface area (Å²) in [5.74, 6) is -0.890. The van der Waals surface area contributed by atoms with Crippen LogP contribution in [0.4, 0.5) is 0 Å². The van der Waals surface area contributed by atoms with Gasteiger partial charge in [0.25, 0.3) is 0 Å². The van der Waals surface area contributed by atoms with Crippen LogP contribution < -0.4 is 0 Å². The van der Waals surface area contributed by atoms with Crippen LogP contribution in [0.25, 0.3) is 0 Å². The van der Waals surface area contributed by atoms with Crippen molar-refractivity contribution in [2.45, 2.75) is 284 Å². The van der Waals surface area contributed by atoms with Gasteiger partial charge >= 0.3 is 17.9 Å². The summed E-state index contributed by atoms with van der Waals surface area (Å²) in [6.45, 7) is 6.59. The highest BCUT2D eigenvalue weighted by Crippen LogP contribution is 2.15. The molecule has 0 aliphatic carbocycles. The van der Waals surface area contributed by atoms with E-state index in [1.165, 1.54) is 154 Å². The third kappa shape index (κ3) is 50.2. The number of esters is 3. The lowest BCUT2D eigenvalue weighted by Gasteiger charge is -2.18. The molecule has 0 amide bonds. The van der Waals surface area contributed by atoms with Crippen LogP contribution in [0.2, 0.25) is 0 Å². The summed E-state index contributed by atoms with van der Waals surface area (Å²) in [7, 11) is 0. The molecule has 63 heavy (non-hydrogen) atoms. The highest BCUT2D eigenvalue weighted by molar-refractivity contribution is 5.71. The number of carbonyl (C=O) groups excluding carboxylic acids is 3. The summed E-state index contributed by atoms with van der Waals surface area (Å²) in [5.41, 5.74) is 0. The van der Waals surface area contributed by atoms with Gasteiger partial charge in [-0.25, -0.2) is 0 Å². The molecule has 0 rings (SSSR count). The van der Waals surface area contributed by atoms with Crippen LogP contribution in [-0.4, -0.2) is 37.2 Å². The van der Waals surface area contributed by atoms with Gasteiger partial charge in [0, 0.05) is 19.3 Å². The van der Waals surface area contributed by atoms with Crippen molar-refractivity contribution in [1.29, 1.82) is 0 Å². The minimum absolute atomic E-state index is 0.0794. The lowest BCUT2D eigenvalue weighted by Crippen LogP contribution is -2.30. The molecular formula is C57H102O6. The van der Waals surface area contributed by atoms with E-state index in [0.29, 0.717) is 19.3 Å². The lowest BCUT2D eigenvalue weighted by atomic mass is 10.0. The first kappa shape index (κ1) is 60.4. The Labute approximate surface area is 390 Å². The Morgan fingerprint density at radius 3 is 0.937 bits per heavy atom. The van der Waals surface area contributed by atoms with Gasteiger partial charge in [0.1, 0.15) is 13.2 Å². The normalized spacial score (nSPS) is 12.4. The Hall–Kier alpha value is -2.63. The summed E-state index contributed by atoms with van der Waals surface area (Å²) in [6, 6.07) is 0. The van der Waals surface area contributed by atoms with Gasteiger partial charge in [0.2, 0.25) is 0 Å². The molecule has 0 aliphatic heterocycles. The second-order valence-electron chi connectivity index (χ2n) is 18.1. The average molecular weight is 883 g/mol. The second-order valence-corrected chi connectivity index (χ2v) is 18.1. The number of hydrogen-bond donors (Lipinski definition) is 0. The van der Waals surface area contributed by atoms with E-state index in [9.17, 15) is 14.4 Å². The minimum Gasteiger partial charge on any atom is -0.462 e. The fourth-order valence-corrected chi connectivity index (χ4v) is 7.68. The van der Waals surface area contributed by atoms with Gasteiger partial charge in [-0.1, -0.05) is 223 Å². The molecule has 6 heteroatoms. The van der Waals surface area contributed by atoms with Crippen molar-refractivity contribution in [1.82, 2.24) is 0 Å². The highest BCUT2D eigenvalue weighted by atomic mass is 16.6. The predicted molar refractivity (Wildman–Crippen MR) is 270 cm³/mol. The smallest absolute Gasteiger partial charge is 0.306 e. The van der Waals surface area contributed by atoms with E-state index in [1.807, 2.05) is 0 Å². The molecule has 1 atom stereocenters. The zero-order chi connectivity index (χ0) is 45.8. The topological polar surface area (TPSA) is 78.9 Å². The van der Waals surface area contributed by atoms with Crippen molar-refractivity contribution < 1.29 is 28.6 Å². The maximum absolute atomic E-state index is 12.8. The second kappa shape index (κ2) is 52.0. The van der Waals surface area contributed by atoms with Crippen molar-refractivity contribution in [2.75, 3.05) is 13.2 Å². The number of hydrogen-bond acceptors (Lipinski definition) is 6. The van der Waals surface area contributed by atoms with Gasteiger partial charge in [0.05, 0.1) is 0 Å². The fourth-order valence-electron chi connectivity index (χ4n) is 7.68. The monoisotopic (exact) mass is 883 g/mol. The van der Waals surface area contributed by atoms with E-state index in [4.69, 9.17) is 14.2 Å². The molecule has 6 nitrogen and oxygen atoms in total. The lowest BCUT2D eigenvalue weighted by molar-refractivity contribution is -0.167. The van der Waals surface area contributed by atoms with E-state index in [-0.39, 0.29) is 31.1 Å². The van der Waals surface area contributed by atoms with E-state index in [0.717, 1.165) is 83.5 Å². The van der Waals surface area contributed by atoms with Crippen molar-refractivity contribution >= 4 is 17.9 Å². The Bertz CT molecular complexity index is 1110. The summed E-state index contributed by atoms with van der Waals surface area (Å²) in [5, 5.41) is 0. The third-order valence-electron chi connectivity index (χ3n) is 11.8. The van der Waals surface area contributed by atoms with Crippen LogP contribution in [0.1, 0.15) is 278 Å². The zero-order valence-corrected chi connectivity index (χ0v) is 41.8. The molecule has 0 spiro atoms. The van der Waals surface area contributed by atoms with E-state index in [2.05, 4.69) is 69.4 Å². The van der Waals surface area contributed by atoms with Crippen LogP contribution in [0.3, 0.4) is 0 Å². The summed E-state index contributed by atoms with van der Waals surface area (Å²) in [6.07, 6.45) is 62.3. The number of unbranched alkanes of at least 4 members (excludes halogenated alkanes) is 30. The van der Waals surface area contributed by atoms with E-state index < -0.39 is 6.10 Å². The standard InChI is InChI=1S/C57H102O6/c1-4-7-10-13-16-19-22-25-27-28-29-30-31-33-35-38-41-44-47-50-56(59)62-53-54(52-61-55(58)49-46-43-40-37-34-24-21-18-15-12-9-6-3)63-57(60)51-48-45-42-39-36-32-26-23-20-17-14-11-8-5-2/h16,18-19,21,25,27,29-30,54H,4-15,17,20,22-24,26,28,31-53H2,1-3H3/b19-16-,21-18-,27-25-,30-29-. The van der Waals surface area contributed by atoms with Gasteiger partial charge in [-0.2, -0.15) is 0 Å². The van der Waals surface area contributed by atoms with Crippen molar-refractivity contribution in [3.05, 3.63) is 48.6 Å². The quantitative estimate of drug-likeness (QED) is 0.0262. The first-order valence-corrected chi connectivity index (χ1v) is 27.1. The van der Waals surface area contributed by atoms with Gasteiger partial charge in [0.15, 0.2) is 6.10 Å². The Kier molecular flexibility index (Phi) is 49.8. The molecule has 0 saturated carbocycles. The molecule has 0 aromatic heterocycles. The van der Waals surface area contributed by atoms with Crippen molar-refractivity contribution in [3.8, 4) is 0 Å². The molecule has 0 N–H and O–H groups in total. The number of rotatable bonds is 49. The van der Waals surface area contributed by atoms with Crippen LogP contribution in [0.15, 0.2) is 48.6 Å². The van der Waals surface area contributed by atoms with Crippen LogP contribution in [0.5, 0.6) is 0 Å². The molecule has 0 aromatic carbocycles. The molecular weight excluding hydrogens is 781 g/mol. The molecule has 366 valence electrons. The van der Waals surface area contributed by atoms with E-state index in [1.54, 1.807) is 0 Å². The van der Waals surface area contributed by atoms with Gasteiger partial charge < -0.3 is 14.2 Å². The number of allylic oxidation sites excluding steroid dienone is 8. The van der Waals surface area contributed by atoms with Crippen molar-refractivity contribution in [2.24, 2.45) is 0 Å². The highest BCUT2D eigenvalue weighted by Gasteiger charge is 2.19. The number of carbonyl (C=O) groups is 3. The fraction of sp³-hybridized carbons (Fsp3) is 0.807.